The summed E-state index contributed by atoms with van der Waals surface area (Å²) in [7, 11) is 0. The average Bonchev–Trinajstić information content (AvgIpc) is 2.69. The van der Waals surface area contributed by atoms with Gasteiger partial charge in [0.1, 0.15) is 17.6 Å². The zero-order valence-electron chi connectivity index (χ0n) is 14.6. The van der Waals surface area contributed by atoms with Crippen LogP contribution in [0, 0.1) is 28.5 Å². The van der Waals surface area contributed by atoms with Gasteiger partial charge in [-0.2, -0.15) is 15.6 Å². The summed E-state index contributed by atoms with van der Waals surface area (Å²) in [4.78, 5) is 11.4. The molecule has 28 heavy (non-hydrogen) atoms. The van der Waals surface area contributed by atoms with Crippen molar-refractivity contribution >= 4 is 23.3 Å². The van der Waals surface area contributed by atoms with Crippen LogP contribution in [-0.2, 0) is 11.2 Å². The second-order valence-corrected chi connectivity index (χ2v) is 6.41. The Morgan fingerprint density at radius 2 is 1.93 bits per heavy atom. The fourth-order valence-electron chi connectivity index (χ4n) is 2.55. The lowest BCUT2D eigenvalue weighted by atomic mass is 10.1. The van der Waals surface area contributed by atoms with Gasteiger partial charge in [-0.3, -0.25) is 4.79 Å². The average molecular weight is 398 g/mol. The highest BCUT2D eigenvalue weighted by Crippen LogP contribution is 2.35. The standard InChI is InChI=1S/C19H13ClFN5O2/c1-10-19(27)26-25-16(24-10)7-13-2-3-15(20)18(17(13)21)28-14-5-11(8-22)4-12(6-14)9-23/h2-6,10H,7H2,1H3,(H,24,25)(H,26,27)/t10-/m1/s1. The number of carbonyl (C=O) groups is 1. The number of rotatable bonds is 4. The van der Waals surface area contributed by atoms with Gasteiger partial charge in [0.05, 0.1) is 28.3 Å². The van der Waals surface area contributed by atoms with Crippen LogP contribution in [0.1, 0.15) is 23.6 Å². The topological polar surface area (TPSA) is 110 Å². The SMILES string of the molecule is C[C@H]1NC(Cc2ccc(Cl)c(Oc3cc(C#N)cc(C#N)c3)c2F)=NNC1=O. The number of hydrogen-bond donors (Lipinski definition) is 2. The summed E-state index contributed by atoms with van der Waals surface area (Å²) in [6.07, 6.45) is 0.0751. The van der Waals surface area contributed by atoms with Gasteiger partial charge in [0, 0.05) is 6.42 Å². The van der Waals surface area contributed by atoms with Crippen LogP contribution >= 0.6 is 11.6 Å². The van der Waals surface area contributed by atoms with Crippen LogP contribution in [0.5, 0.6) is 11.5 Å². The van der Waals surface area contributed by atoms with Gasteiger partial charge in [-0.05, 0) is 36.8 Å². The monoisotopic (exact) mass is 397 g/mol. The molecule has 2 aromatic rings. The summed E-state index contributed by atoms with van der Waals surface area (Å²) in [5.74, 6) is -0.718. The van der Waals surface area contributed by atoms with Crippen LogP contribution < -0.4 is 15.5 Å². The Hall–Kier alpha value is -3.62. The Bertz CT molecular complexity index is 1040. The van der Waals surface area contributed by atoms with Crippen molar-refractivity contribution in [3.05, 3.63) is 57.9 Å². The van der Waals surface area contributed by atoms with E-state index >= 15 is 4.39 Å². The number of hydrazone groups is 1. The van der Waals surface area contributed by atoms with Gasteiger partial charge in [0.2, 0.25) is 0 Å². The quantitative estimate of drug-likeness (QED) is 0.824. The van der Waals surface area contributed by atoms with E-state index < -0.39 is 11.9 Å². The van der Waals surface area contributed by atoms with Crippen molar-refractivity contribution in [2.45, 2.75) is 19.4 Å². The zero-order valence-corrected chi connectivity index (χ0v) is 15.3. The second-order valence-electron chi connectivity index (χ2n) is 6.00. The Morgan fingerprint density at radius 1 is 1.25 bits per heavy atom. The molecule has 0 saturated heterocycles. The number of halogens is 2. The summed E-state index contributed by atoms with van der Waals surface area (Å²) >= 11 is 6.09. The number of hydrogen-bond acceptors (Lipinski definition) is 6. The van der Waals surface area contributed by atoms with E-state index in [1.807, 2.05) is 12.1 Å². The maximum absolute atomic E-state index is 15.0. The van der Waals surface area contributed by atoms with Gasteiger partial charge in [0.25, 0.3) is 5.91 Å². The first kappa shape index (κ1) is 19.2. The normalized spacial score (nSPS) is 15.5. The Labute approximate surface area is 165 Å². The van der Waals surface area contributed by atoms with Crippen LogP contribution in [0.4, 0.5) is 4.39 Å². The lowest BCUT2D eigenvalue weighted by molar-refractivity contribution is -0.122. The molecule has 0 bridgehead atoms. The molecule has 9 heteroatoms. The molecule has 0 unspecified atom stereocenters. The predicted octanol–water partition coefficient (Wildman–Crippen LogP) is 2.98. The van der Waals surface area contributed by atoms with E-state index in [2.05, 4.69) is 15.8 Å². The van der Waals surface area contributed by atoms with E-state index in [-0.39, 0.29) is 45.5 Å². The first-order chi connectivity index (χ1) is 13.4. The van der Waals surface area contributed by atoms with Crippen molar-refractivity contribution in [3.63, 3.8) is 0 Å². The minimum absolute atomic E-state index is 0.0299. The van der Waals surface area contributed by atoms with Crippen molar-refractivity contribution < 1.29 is 13.9 Å². The molecular formula is C19H13ClFN5O2. The zero-order chi connectivity index (χ0) is 20.3. The predicted molar refractivity (Wildman–Crippen MR) is 99.2 cm³/mol. The van der Waals surface area contributed by atoms with Crippen LogP contribution in [-0.4, -0.2) is 17.8 Å². The fourth-order valence-corrected chi connectivity index (χ4v) is 2.73. The van der Waals surface area contributed by atoms with Gasteiger partial charge in [-0.15, -0.1) is 0 Å². The number of nitrogens with zero attached hydrogens (tertiary/aromatic N) is 3. The second kappa shape index (κ2) is 7.95. The molecule has 140 valence electrons. The molecule has 7 nitrogen and oxygen atoms in total. The number of benzene rings is 2. The molecule has 2 N–H and O–H groups in total. The maximum Gasteiger partial charge on any atom is 0.262 e. The van der Waals surface area contributed by atoms with Gasteiger partial charge < -0.3 is 10.1 Å². The summed E-state index contributed by atoms with van der Waals surface area (Å²) in [6.45, 7) is 1.66. The number of amides is 1. The van der Waals surface area contributed by atoms with Gasteiger partial charge in [-0.1, -0.05) is 17.7 Å². The van der Waals surface area contributed by atoms with E-state index in [1.54, 1.807) is 6.92 Å². The first-order valence-corrected chi connectivity index (χ1v) is 8.52. The van der Waals surface area contributed by atoms with Crippen molar-refractivity contribution in [2.75, 3.05) is 0 Å². The summed E-state index contributed by atoms with van der Waals surface area (Å²) in [5, 5.41) is 24.9. The minimum atomic E-state index is -0.706. The molecule has 3 rings (SSSR count). The molecule has 0 saturated carbocycles. The molecule has 0 aliphatic carbocycles. The molecule has 0 spiro atoms. The van der Waals surface area contributed by atoms with Crippen LogP contribution in [0.25, 0.3) is 0 Å². The molecule has 0 fully saturated rings. The third-order valence-corrected chi connectivity index (χ3v) is 4.25. The largest absolute Gasteiger partial charge is 0.453 e. The van der Waals surface area contributed by atoms with Gasteiger partial charge >= 0.3 is 0 Å². The highest BCUT2D eigenvalue weighted by molar-refractivity contribution is 6.32. The van der Waals surface area contributed by atoms with Crippen LogP contribution in [0.2, 0.25) is 5.02 Å². The van der Waals surface area contributed by atoms with E-state index in [4.69, 9.17) is 26.9 Å². The molecule has 1 atom stereocenters. The number of ether oxygens (including phenoxy) is 1. The van der Waals surface area contributed by atoms with Crippen molar-refractivity contribution in [1.29, 1.82) is 10.5 Å². The number of nitrogens with one attached hydrogen (secondary N) is 2. The highest BCUT2D eigenvalue weighted by Gasteiger charge is 2.22. The minimum Gasteiger partial charge on any atom is -0.453 e. The van der Waals surface area contributed by atoms with E-state index in [0.29, 0.717) is 5.84 Å². The van der Waals surface area contributed by atoms with E-state index in [1.165, 1.54) is 30.3 Å². The maximum atomic E-state index is 15.0. The van der Waals surface area contributed by atoms with Gasteiger partial charge in [0.15, 0.2) is 11.6 Å². The lowest BCUT2D eigenvalue weighted by Crippen LogP contribution is -2.49. The van der Waals surface area contributed by atoms with Crippen molar-refractivity contribution in [3.8, 4) is 23.6 Å². The number of carbonyl (C=O) groups excluding carboxylic acids is 1. The highest BCUT2D eigenvalue weighted by atomic mass is 35.5. The third kappa shape index (κ3) is 4.03. The molecule has 1 heterocycles. The first-order valence-electron chi connectivity index (χ1n) is 8.14. The molecular weight excluding hydrogens is 385 g/mol. The summed E-state index contributed by atoms with van der Waals surface area (Å²) in [5.41, 5.74) is 3.00. The molecule has 1 amide bonds. The molecule has 0 aromatic heterocycles. The lowest BCUT2D eigenvalue weighted by Gasteiger charge is -2.21. The van der Waals surface area contributed by atoms with Crippen molar-refractivity contribution in [2.24, 2.45) is 5.10 Å². The molecule has 0 radical (unpaired) electrons. The van der Waals surface area contributed by atoms with Crippen LogP contribution in [0.15, 0.2) is 35.4 Å². The molecule has 1 aliphatic rings. The van der Waals surface area contributed by atoms with Crippen LogP contribution in [0.3, 0.4) is 0 Å². The Morgan fingerprint density at radius 3 is 2.54 bits per heavy atom. The third-order valence-electron chi connectivity index (χ3n) is 3.95. The fraction of sp³-hybridized carbons (Fsp3) is 0.158. The van der Waals surface area contributed by atoms with E-state index in [0.717, 1.165) is 0 Å². The Balaban J connectivity index is 1.91. The molecule has 2 aromatic carbocycles. The van der Waals surface area contributed by atoms with Gasteiger partial charge in [-0.25, -0.2) is 9.82 Å². The van der Waals surface area contributed by atoms with Crippen molar-refractivity contribution in [1.82, 2.24) is 10.7 Å². The van der Waals surface area contributed by atoms with E-state index in [9.17, 15) is 4.79 Å². The number of nitriles is 2. The summed E-state index contributed by atoms with van der Waals surface area (Å²) < 4.78 is 20.6. The summed E-state index contributed by atoms with van der Waals surface area (Å²) in [6, 6.07) is 10.5. The molecule has 1 aliphatic heterocycles. The Kier molecular flexibility index (Phi) is 5.44. The smallest absolute Gasteiger partial charge is 0.262 e. The number of amidine groups is 1.